The summed E-state index contributed by atoms with van der Waals surface area (Å²) in [4.78, 5) is -0.0145. The van der Waals surface area contributed by atoms with Crippen LogP contribution in [0.2, 0.25) is 5.02 Å². The standard InChI is InChI=1S/C12H9BrClFS/c13-11(5-8-3-4-16-7-8)10-2-1-9(14)6-12(10)15/h1-4,6-7,11H,5H2. The highest BCUT2D eigenvalue weighted by molar-refractivity contribution is 9.09. The molecule has 0 aliphatic carbocycles. The molecule has 0 spiro atoms. The van der Waals surface area contributed by atoms with E-state index in [1.807, 2.05) is 11.4 Å². The van der Waals surface area contributed by atoms with Crippen molar-refractivity contribution in [2.75, 3.05) is 0 Å². The van der Waals surface area contributed by atoms with Crippen LogP contribution in [-0.4, -0.2) is 0 Å². The first-order valence-corrected chi connectivity index (χ1v) is 7.00. The average molecular weight is 320 g/mol. The molecule has 0 saturated carbocycles. The molecule has 0 bridgehead atoms. The van der Waals surface area contributed by atoms with Gasteiger partial charge in [0, 0.05) is 15.4 Å². The van der Waals surface area contributed by atoms with E-state index in [0.717, 1.165) is 6.42 Å². The Labute approximate surface area is 111 Å². The molecule has 16 heavy (non-hydrogen) atoms. The highest BCUT2D eigenvalue weighted by atomic mass is 79.9. The molecule has 1 aromatic heterocycles. The summed E-state index contributed by atoms with van der Waals surface area (Å²) in [6, 6.07) is 6.83. The van der Waals surface area contributed by atoms with Crippen molar-refractivity contribution in [2.24, 2.45) is 0 Å². The van der Waals surface area contributed by atoms with Crippen LogP contribution in [0.3, 0.4) is 0 Å². The van der Waals surface area contributed by atoms with Gasteiger partial charge in [-0.1, -0.05) is 33.6 Å². The Morgan fingerprint density at radius 1 is 1.38 bits per heavy atom. The Morgan fingerprint density at radius 2 is 2.19 bits per heavy atom. The van der Waals surface area contributed by atoms with Gasteiger partial charge in [-0.25, -0.2) is 4.39 Å². The Morgan fingerprint density at radius 3 is 2.81 bits per heavy atom. The third kappa shape index (κ3) is 2.84. The minimum Gasteiger partial charge on any atom is -0.207 e. The molecule has 0 nitrogen and oxygen atoms in total. The van der Waals surface area contributed by atoms with Gasteiger partial charge in [-0.05, 0) is 40.9 Å². The van der Waals surface area contributed by atoms with E-state index in [1.165, 1.54) is 11.6 Å². The lowest BCUT2D eigenvalue weighted by atomic mass is 10.1. The van der Waals surface area contributed by atoms with E-state index < -0.39 is 0 Å². The van der Waals surface area contributed by atoms with Crippen LogP contribution in [-0.2, 0) is 6.42 Å². The Kier molecular flexibility index (Phi) is 4.00. The zero-order valence-electron chi connectivity index (χ0n) is 8.29. The van der Waals surface area contributed by atoms with Crippen molar-refractivity contribution in [3.05, 3.63) is 57.0 Å². The summed E-state index contributed by atoms with van der Waals surface area (Å²) in [7, 11) is 0. The lowest BCUT2D eigenvalue weighted by molar-refractivity contribution is 0.608. The van der Waals surface area contributed by atoms with Crippen LogP contribution in [0.15, 0.2) is 35.0 Å². The molecule has 84 valence electrons. The summed E-state index contributed by atoms with van der Waals surface area (Å²) in [5, 5.41) is 4.52. The van der Waals surface area contributed by atoms with Crippen LogP contribution in [0.25, 0.3) is 0 Å². The maximum absolute atomic E-state index is 13.6. The van der Waals surface area contributed by atoms with Gasteiger partial charge in [-0.15, -0.1) is 0 Å². The number of halogens is 3. The molecule has 0 amide bonds. The Bertz CT molecular complexity index is 470. The number of alkyl halides is 1. The number of hydrogen-bond donors (Lipinski definition) is 0. The van der Waals surface area contributed by atoms with Crippen molar-refractivity contribution in [1.82, 2.24) is 0 Å². The van der Waals surface area contributed by atoms with E-state index >= 15 is 0 Å². The summed E-state index contributed by atoms with van der Waals surface area (Å²) < 4.78 is 13.6. The van der Waals surface area contributed by atoms with Crippen LogP contribution in [0.5, 0.6) is 0 Å². The van der Waals surface area contributed by atoms with Crippen LogP contribution in [0.4, 0.5) is 4.39 Å². The molecule has 1 unspecified atom stereocenters. The lowest BCUT2D eigenvalue weighted by Crippen LogP contribution is -1.97. The van der Waals surface area contributed by atoms with Gasteiger partial charge in [0.25, 0.3) is 0 Å². The van der Waals surface area contributed by atoms with Gasteiger partial charge in [0.05, 0.1) is 0 Å². The highest BCUT2D eigenvalue weighted by Gasteiger charge is 2.13. The molecule has 1 atom stereocenters. The fourth-order valence-electron chi connectivity index (χ4n) is 1.48. The van der Waals surface area contributed by atoms with E-state index in [-0.39, 0.29) is 10.6 Å². The predicted octanol–water partition coefficient (Wildman–Crippen LogP) is 5.22. The molecule has 0 aliphatic rings. The van der Waals surface area contributed by atoms with Crippen LogP contribution in [0.1, 0.15) is 16.0 Å². The van der Waals surface area contributed by atoms with Crippen molar-refractivity contribution < 1.29 is 4.39 Å². The molecule has 0 fully saturated rings. The van der Waals surface area contributed by atoms with E-state index in [4.69, 9.17) is 11.6 Å². The third-order valence-electron chi connectivity index (χ3n) is 2.29. The number of thiophene rings is 1. The van der Waals surface area contributed by atoms with E-state index in [1.54, 1.807) is 23.5 Å². The smallest absolute Gasteiger partial charge is 0.129 e. The zero-order valence-corrected chi connectivity index (χ0v) is 11.4. The van der Waals surface area contributed by atoms with E-state index in [0.29, 0.717) is 10.6 Å². The van der Waals surface area contributed by atoms with Crippen molar-refractivity contribution in [3.63, 3.8) is 0 Å². The maximum atomic E-state index is 13.6. The van der Waals surface area contributed by atoms with Gasteiger partial charge < -0.3 is 0 Å². The lowest BCUT2D eigenvalue weighted by Gasteiger charge is -2.10. The van der Waals surface area contributed by atoms with E-state index in [9.17, 15) is 4.39 Å². The predicted molar refractivity (Wildman–Crippen MR) is 71.1 cm³/mol. The second kappa shape index (κ2) is 5.30. The van der Waals surface area contributed by atoms with Crippen molar-refractivity contribution >= 4 is 38.9 Å². The summed E-state index contributed by atoms with van der Waals surface area (Å²) in [6.07, 6.45) is 0.780. The monoisotopic (exact) mass is 318 g/mol. The normalized spacial score (nSPS) is 12.7. The molecule has 0 radical (unpaired) electrons. The average Bonchev–Trinajstić information content (AvgIpc) is 2.70. The van der Waals surface area contributed by atoms with Gasteiger partial charge >= 0.3 is 0 Å². The molecular weight excluding hydrogens is 311 g/mol. The molecule has 1 heterocycles. The SMILES string of the molecule is Fc1cc(Cl)ccc1C(Br)Cc1ccsc1. The van der Waals surface area contributed by atoms with Crippen molar-refractivity contribution in [1.29, 1.82) is 0 Å². The number of rotatable bonds is 3. The minimum atomic E-state index is -0.260. The summed E-state index contributed by atoms with van der Waals surface area (Å²) in [6.45, 7) is 0. The first-order valence-electron chi connectivity index (χ1n) is 4.77. The number of benzene rings is 1. The van der Waals surface area contributed by atoms with Gasteiger partial charge in [0.2, 0.25) is 0 Å². The topological polar surface area (TPSA) is 0 Å². The molecule has 2 aromatic rings. The van der Waals surface area contributed by atoms with Gasteiger partial charge in [-0.3, -0.25) is 0 Å². The van der Waals surface area contributed by atoms with Gasteiger partial charge in [0.15, 0.2) is 0 Å². The van der Waals surface area contributed by atoms with E-state index in [2.05, 4.69) is 21.3 Å². The summed E-state index contributed by atoms with van der Waals surface area (Å²) in [5.41, 5.74) is 1.86. The van der Waals surface area contributed by atoms with Gasteiger partial charge in [-0.2, -0.15) is 11.3 Å². The summed E-state index contributed by atoms with van der Waals surface area (Å²) >= 11 is 10.9. The largest absolute Gasteiger partial charge is 0.207 e. The maximum Gasteiger partial charge on any atom is 0.129 e. The molecule has 0 aliphatic heterocycles. The van der Waals surface area contributed by atoms with Crippen molar-refractivity contribution in [2.45, 2.75) is 11.2 Å². The second-order valence-corrected chi connectivity index (χ2v) is 5.79. The zero-order chi connectivity index (χ0) is 11.5. The first kappa shape index (κ1) is 12.1. The van der Waals surface area contributed by atoms with Crippen LogP contribution >= 0.6 is 38.9 Å². The van der Waals surface area contributed by atoms with Gasteiger partial charge in [0.1, 0.15) is 5.82 Å². The van der Waals surface area contributed by atoms with Crippen molar-refractivity contribution in [3.8, 4) is 0 Å². The third-order valence-corrected chi connectivity index (χ3v) is 4.08. The Balaban J connectivity index is 2.17. The molecule has 2 rings (SSSR count). The Hall–Kier alpha value is -0.380. The second-order valence-electron chi connectivity index (χ2n) is 3.47. The molecular formula is C12H9BrClFS. The molecule has 0 saturated heterocycles. The molecule has 1 aromatic carbocycles. The molecule has 4 heteroatoms. The summed E-state index contributed by atoms with van der Waals surface area (Å²) in [5.74, 6) is -0.260. The number of hydrogen-bond acceptors (Lipinski definition) is 1. The fourth-order valence-corrected chi connectivity index (χ4v) is 3.07. The quantitative estimate of drug-likeness (QED) is 0.680. The minimum absolute atomic E-state index is 0.0145. The molecule has 0 N–H and O–H groups in total. The fraction of sp³-hybridized carbons (Fsp3) is 0.167. The first-order chi connectivity index (χ1) is 7.66. The highest BCUT2D eigenvalue weighted by Crippen LogP contribution is 2.30. The van der Waals surface area contributed by atoms with Crippen LogP contribution < -0.4 is 0 Å². The van der Waals surface area contributed by atoms with Crippen LogP contribution in [0, 0.1) is 5.82 Å².